The molecular weight excluding hydrogens is 396 g/mol. The quantitative estimate of drug-likeness (QED) is 0.420. The lowest BCUT2D eigenvalue weighted by Gasteiger charge is -2.22. The summed E-state index contributed by atoms with van der Waals surface area (Å²) in [4.78, 5) is 51.0. The predicted molar refractivity (Wildman–Crippen MR) is 114 cm³/mol. The van der Waals surface area contributed by atoms with Gasteiger partial charge in [0.25, 0.3) is 5.91 Å². The summed E-state index contributed by atoms with van der Waals surface area (Å²) in [5.41, 5.74) is 1.89. The highest BCUT2D eigenvalue weighted by molar-refractivity contribution is 6.09. The number of rotatable bonds is 7. The van der Waals surface area contributed by atoms with Crippen molar-refractivity contribution < 1.29 is 23.9 Å². The zero-order valence-corrected chi connectivity index (χ0v) is 18.1. The molecule has 0 aromatic heterocycles. The summed E-state index contributed by atoms with van der Waals surface area (Å²) in [6.07, 6.45) is -0.184. The Morgan fingerprint density at radius 1 is 1.06 bits per heavy atom. The van der Waals surface area contributed by atoms with Crippen LogP contribution in [-0.2, 0) is 26.3 Å². The van der Waals surface area contributed by atoms with Gasteiger partial charge in [-0.25, -0.2) is 4.79 Å². The monoisotopic (exact) mass is 422 g/mol. The van der Waals surface area contributed by atoms with Crippen LogP contribution in [0.4, 0.5) is 4.79 Å². The Morgan fingerprint density at radius 3 is 2.26 bits per heavy atom. The molecule has 0 spiro atoms. The summed E-state index contributed by atoms with van der Waals surface area (Å²) < 4.78 is 5.21. The Hall–Kier alpha value is -3.48. The van der Waals surface area contributed by atoms with Crippen LogP contribution in [0, 0.1) is 6.92 Å². The molecule has 7 heteroatoms. The maximum atomic E-state index is 12.9. The van der Waals surface area contributed by atoms with E-state index in [0.717, 1.165) is 22.4 Å². The number of imide groups is 1. The van der Waals surface area contributed by atoms with E-state index < -0.39 is 36.1 Å². The van der Waals surface area contributed by atoms with Crippen LogP contribution in [0.25, 0.3) is 0 Å². The number of benzene rings is 2. The van der Waals surface area contributed by atoms with E-state index in [1.165, 1.54) is 6.92 Å². The van der Waals surface area contributed by atoms with Crippen LogP contribution >= 0.6 is 0 Å². The van der Waals surface area contributed by atoms with Crippen molar-refractivity contribution >= 4 is 23.7 Å². The summed E-state index contributed by atoms with van der Waals surface area (Å²) >= 11 is 0. The molecule has 7 nitrogen and oxygen atoms in total. The third-order valence-electron chi connectivity index (χ3n) is 5.52. The van der Waals surface area contributed by atoms with Crippen molar-refractivity contribution in [2.75, 3.05) is 6.54 Å². The molecule has 0 unspecified atom stereocenters. The average Bonchev–Trinajstić information content (AvgIpc) is 2.97. The normalized spacial score (nSPS) is 19.2. The van der Waals surface area contributed by atoms with Gasteiger partial charge in [0.15, 0.2) is 6.10 Å². The summed E-state index contributed by atoms with van der Waals surface area (Å²) in [6.45, 7) is 6.43. The van der Waals surface area contributed by atoms with Crippen molar-refractivity contribution in [3.63, 3.8) is 0 Å². The van der Waals surface area contributed by atoms with Crippen LogP contribution in [0.15, 0.2) is 48.5 Å². The van der Waals surface area contributed by atoms with Crippen LogP contribution < -0.4 is 5.32 Å². The van der Waals surface area contributed by atoms with E-state index in [1.807, 2.05) is 38.1 Å². The number of carbonyl (C=O) groups is 4. The van der Waals surface area contributed by atoms with E-state index >= 15 is 0 Å². The number of carbonyl (C=O) groups excluding carboxylic acids is 4. The van der Waals surface area contributed by atoms with Crippen molar-refractivity contribution in [3.05, 3.63) is 70.8 Å². The van der Waals surface area contributed by atoms with E-state index in [-0.39, 0.29) is 5.78 Å². The first-order chi connectivity index (χ1) is 14.7. The number of hydrogen-bond acceptors (Lipinski definition) is 5. The summed E-state index contributed by atoms with van der Waals surface area (Å²) in [5.74, 6) is -1.73. The molecule has 0 saturated carbocycles. The van der Waals surface area contributed by atoms with Gasteiger partial charge in [0.1, 0.15) is 12.1 Å². The van der Waals surface area contributed by atoms with Gasteiger partial charge in [-0.05, 0) is 38.3 Å². The standard InChI is InChI=1S/C24H26N2O5/c1-5-17-8-10-18(11-9-17)21(28)16(3)31-20(27)14-26-22(29)24(4,25-23(26)30)19-12-6-15(2)7-13-19/h6-13,16H,5,14H2,1-4H3,(H,25,30)/t16-,24+/m1/s1. The first kappa shape index (κ1) is 22.2. The molecule has 1 aliphatic rings. The maximum absolute atomic E-state index is 12.9. The maximum Gasteiger partial charge on any atom is 0.326 e. The van der Waals surface area contributed by atoms with Crippen molar-refractivity contribution in [2.24, 2.45) is 0 Å². The molecule has 2 atom stereocenters. The molecule has 3 amide bonds. The van der Waals surface area contributed by atoms with Crippen LogP contribution in [0.3, 0.4) is 0 Å². The lowest BCUT2D eigenvalue weighted by atomic mass is 9.91. The molecule has 0 bridgehead atoms. The number of ketones is 1. The van der Waals surface area contributed by atoms with Crippen LogP contribution in [0.1, 0.15) is 47.8 Å². The first-order valence-electron chi connectivity index (χ1n) is 10.2. The summed E-state index contributed by atoms with van der Waals surface area (Å²) in [6, 6.07) is 13.6. The fourth-order valence-corrected chi connectivity index (χ4v) is 3.48. The highest BCUT2D eigenvalue weighted by atomic mass is 16.5. The minimum Gasteiger partial charge on any atom is -0.453 e. The van der Waals surface area contributed by atoms with Gasteiger partial charge in [0, 0.05) is 5.56 Å². The van der Waals surface area contributed by atoms with Gasteiger partial charge in [0.2, 0.25) is 5.78 Å². The SMILES string of the molecule is CCc1ccc(C(=O)[C@@H](C)OC(=O)CN2C(=O)N[C@@](C)(c3ccc(C)cc3)C2=O)cc1. The second-order valence-electron chi connectivity index (χ2n) is 7.86. The minimum atomic E-state index is -1.27. The molecule has 31 heavy (non-hydrogen) atoms. The van der Waals surface area contributed by atoms with Crippen molar-refractivity contribution in [1.82, 2.24) is 10.2 Å². The van der Waals surface area contributed by atoms with Gasteiger partial charge in [-0.2, -0.15) is 0 Å². The number of Topliss-reactive ketones (excluding diaryl/α,β-unsaturated/α-hetero) is 1. The van der Waals surface area contributed by atoms with E-state index in [0.29, 0.717) is 11.1 Å². The lowest BCUT2D eigenvalue weighted by Crippen LogP contribution is -2.42. The number of ether oxygens (including phenoxy) is 1. The van der Waals surface area contributed by atoms with Crippen LogP contribution in [0.2, 0.25) is 0 Å². The third-order valence-corrected chi connectivity index (χ3v) is 5.52. The van der Waals surface area contributed by atoms with Gasteiger partial charge in [-0.1, -0.05) is 61.0 Å². The second kappa shape index (κ2) is 8.71. The van der Waals surface area contributed by atoms with Crippen molar-refractivity contribution in [3.8, 4) is 0 Å². The summed E-state index contributed by atoms with van der Waals surface area (Å²) in [7, 11) is 0. The fraction of sp³-hybridized carbons (Fsp3) is 0.333. The van der Waals surface area contributed by atoms with E-state index in [2.05, 4.69) is 5.32 Å². The second-order valence-corrected chi connectivity index (χ2v) is 7.86. The topological polar surface area (TPSA) is 92.8 Å². The Balaban J connectivity index is 1.65. The van der Waals surface area contributed by atoms with Crippen molar-refractivity contribution in [2.45, 2.75) is 45.8 Å². The van der Waals surface area contributed by atoms with Crippen molar-refractivity contribution in [1.29, 1.82) is 0 Å². The minimum absolute atomic E-state index is 0.349. The average molecular weight is 422 g/mol. The molecule has 0 aliphatic carbocycles. The molecule has 1 N–H and O–H groups in total. The van der Waals surface area contributed by atoms with Gasteiger partial charge < -0.3 is 10.1 Å². The highest BCUT2D eigenvalue weighted by Gasteiger charge is 2.49. The fourth-order valence-electron chi connectivity index (χ4n) is 3.48. The Morgan fingerprint density at radius 2 is 1.68 bits per heavy atom. The molecule has 162 valence electrons. The van der Waals surface area contributed by atoms with Gasteiger partial charge in [0.05, 0.1) is 0 Å². The number of nitrogens with zero attached hydrogens (tertiary/aromatic N) is 1. The first-order valence-corrected chi connectivity index (χ1v) is 10.2. The molecule has 1 aliphatic heterocycles. The summed E-state index contributed by atoms with van der Waals surface area (Å²) in [5, 5.41) is 2.65. The highest BCUT2D eigenvalue weighted by Crippen LogP contribution is 2.29. The smallest absolute Gasteiger partial charge is 0.326 e. The molecule has 1 heterocycles. The van der Waals surface area contributed by atoms with Gasteiger partial charge in [-0.15, -0.1) is 0 Å². The van der Waals surface area contributed by atoms with E-state index in [1.54, 1.807) is 31.2 Å². The number of amides is 3. The zero-order chi connectivity index (χ0) is 22.8. The van der Waals surface area contributed by atoms with E-state index in [4.69, 9.17) is 4.74 Å². The zero-order valence-electron chi connectivity index (χ0n) is 18.1. The molecule has 0 radical (unpaired) electrons. The van der Waals surface area contributed by atoms with Gasteiger partial charge in [-0.3, -0.25) is 19.3 Å². The van der Waals surface area contributed by atoms with Crippen LogP contribution in [0.5, 0.6) is 0 Å². The Bertz CT molecular complexity index is 1010. The number of urea groups is 1. The molecule has 3 rings (SSSR count). The number of hydrogen-bond donors (Lipinski definition) is 1. The van der Waals surface area contributed by atoms with E-state index in [9.17, 15) is 19.2 Å². The molecule has 2 aromatic carbocycles. The molecular formula is C24H26N2O5. The lowest BCUT2D eigenvalue weighted by molar-refractivity contribution is -0.149. The Labute approximate surface area is 181 Å². The number of aryl methyl sites for hydroxylation is 2. The molecule has 1 saturated heterocycles. The largest absolute Gasteiger partial charge is 0.453 e. The molecule has 2 aromatic rings. The number of esters is 1. The predicted octanol–water partition coefficient (Wildman–Crippen LogP) is 3.14. The molecule has 1 fully saturated rings. The number of nitrogens with one attached hydrogen (secondary N) is 1. The van der Waals surface area contributed by atoms with Crippen LogP contribution in [-0.4, -0.2) is 41.2 Å². The Kier molecular flexibility index (Phi) is 6.24. The third kappa shape index (κ3) is 4.50. The van der Waals surface area contributed by atoms with Gasteiger partial charge >= 0.3 is 12.0 Å².